The Balaban J connectivity index is 1.34. The fourth-order valence-corrected chi connectivity index (χ4v) is 5.09. The van der Waals surface area contributed by atoms with Gasteiger partial charge in [0.1, 0.15) is 0 Å². The Morgan fingerprint density at radius 1 is 1.21 bits per heavy atom. The van der Waals surface area contributed by atoms with E-state index >= 15 is 0 Å². The van der Waals surface area contributed by atoms with Crippen LogP contribution in [0.5, 0.6) is 0 Å². The van der Waals surface area contributed by atoms with Crippen molar-refractivity contribution in [3.63, 3.8) is 0 Å². The Labute approximate surface area is 168 Å². The van der Waals surface area contributed by atoms with Crippen LogP contribution in [0.3, 0.4) is 0 Å². The van der Waals surface area contributed by atoms with Gasteiger partial charge in [-0.3, -0.25) is 19.5 Å². The zero-order valence-corrected chi connectivity index (χ0v) is 16.6. The highest BCUT2D eigenvalue weighted by Gasteiger charge is 2.40. The standard InChI is InChI=1S/C21H25N5O3/c1-24-11-14(5-6-18(24)27)20(28)25-8-7-16-17(12-25)22-23-19(16)21(29)26-10-13-3-2-4-15(26)9-13/h5-6,11,13,15H,2-4,7-10,12H2,1H3,(H,22,23)/t13-,15+/m1/s1. The maximum Gasteiger partial charge on any atom is 0.274 e. The Bertz CT molecular complexity index is 1040. The van der Waals surface area contributed by atoms with Crippen LogP contribution in [0.4, 0.5) is 0 Å². The van der Waals surface area contributed by atoms with E-state index in [4.69, 9.17) is 0 Å². The molecule has 1 N–H and O–H groups in total. The number of H-pyrrole nitrogens is 1. The fourth-order valence-electron chi connectivity index (χ4n) is 5.09. The molecule has 2 amide bonds. The monoisotopic (exact) mass is 395 g/mol. The number of likely N-dealkylation sites (tertiary alicyclic amines) is 1. The van der Waals surface area contributed by atoms with E-state index in [9.17, 15) is 14.4 Å². The molecule has 2 aliphatic heterocycles. The van der Waals surface area contributed by atoms with E-state index in [1.54, 1.807) is 24.2 Å². The van der Waals surface area contributed by atoms with E-state index in [0.717, 1.165) is 30.6 Å². The number of hydrogen-bond acceptors (Lipinski definition) is 4. The van der Waals surface area contributed by atoms with Crippen molar-refractivity contribution in [3.8, 4) is 0 Å². The second kappa shape index (κ2) is 6.86. The summed E-state index contributed by atoms with van der Waals surface area (Å²) in [4.78, 5) is 41.3. The second-order valence-corrected chi connectivity index (χ2v) is 8.52. The lowest BCUT2D eigenvalue weighted by Crippen LogP contribution is -2.38. The molecular formula is C21H25N5O3. The number of nitrogens with one attached hydrogen (secondary N) is 1. The van der Waals surface area contributed by atoms with Gasteiger partial charge in [0.15, 0.2) is 5.69 Å². The SMILES string of the molecule is Cn1cc(C(=O)N2CCc3c(C(=O)N4C[C@@H]5CCC[C@H]4C5)n[nH]c3C2)ccc1=O. The van der Waals surface area contributed by atoms with Gasteiger partial charge in [-0.25, -0.2) is 0 Å². The zero-order chi connectivity index (χ0) is 20.1. The largest absolute Gasteiger partial charge is 0.334 e. The van der Waals surface area contributed by atoms with Gasteiger partial charge in [-0.05, 0) is 37.7 Å². The van der Waals surface area contributed by atoms with Gasteiger partial charge in [-0.2, -0.15) is 5.10 Å². The summed E-state index contributed by atoms with van der Waals surface area (Å²) in [5, 5.41) is 7.35. The van der Waals surface area contributed by atoms with Crippen LogP contribution in [0.2, 0.25) is 0 Å². The van der Waals surface area contributed by atoms with Crippen molar-refractivity contribution in [1.29, 1.82) is 0 Å². The molecule has 8 nitrogen and oxygen atoms in total. The van der Waals surface area contributed by atoms with Crippen molar-refractivity contribution in [2.24, 2.45) is 13.0 Å². The topological polar surface area (TPSA) is 91.3 Å². The molecule has 2 atom stereocenters. The maximum absolute atomic E-state index is 13.2. The van der Waals surface area contributed by atoms with Crippen molar-refractivity contribution in [3.05, 3.63) is 51.2 Å². The molecule has 0 aromatic carbocycles. The molecule has 2 fully saturated rings. The molecule has 1 saturated heterocycles. The molecule has 1 aliphatic carbocycles. The molecular weight excluding hydrogens is 370 g/mol. The number of fused-ring (bicyclic) bond motifs is 3. The van der Waals surface area contributed by atoms with Crippen LogP contribution >= 0.6 is 0 Å². The summed E-state index contributed by atoms with van der Waals surface area (Å²) in [5.41, 5.74) is 2.64. The molecule has 2 aromatic heterocycles. The highest BCUT2D eigenvalue weighted by molar-refractivity contribution is 5.96. The van der Waals surface area contributed by atoms with Crippen LogP contribution in [0.15, 0.2) is 23.1 Å². The van der Waals surface area contributed by atoms with Crippen molar-refractivity contribution in [1.82, 2.24) is 24.6 Å². The number of pyridine rings is 1. The van der Waals surface area contributed by atoms with Gasteiger partial charge in [0.25, 0.3) is 11.8 Å². The van der Waals surface area contributed by atoms with Crippen LogP contribution in [0.1, 0.15) is 57.8 Å². The molecule has 8 heteroatoms. The molecule has 0 spiro atoms. The molecule has 0 radical (unpaired) electrons. The third-order valence-electron chi connectivity index (χ3n) is 6.67. The molecule has 0 unspecified atom stereocenters. The molecule has 5 rings (SSSR count). The van der Waals surface area contributed by atoms with Crippen molar-refractivity contribution < 1.29 is 9.59 Å². The van der Waals surface area contributed by atoms with E-state index in [0.29, 0.717) is 42.7 Å². The maximum atomic E-state index is 13.2. The van der Waals surface area contributed by atoms with Crippen molar-refractivity contribution >= 4 is 11.8 Å². The predicted octanol–water partition coefficient (Wildman–Crippen LogP) is 1.32. The summed E-state index contributed by atoms with van der Waals surface area (Å²) in [7, 11) is 1.63. The lowest BCUT2D eigenvalue weighted by Gasteiger charge is -2.28. The number of hydrogen-bond donors (Lipinski definition) is 1. The summed E-state index contributed by atoms with van der Waals surface area (Å²) >= 11 is 0. The zero-order valence-electron chi connectivity index (χ0n) is 16.6. The lowest BCUT2D eigenvalue weighted by molar-refractivity contribution is 0.0724. The van der Waals surface area contributed by atoms with Gasteiger partial charge >= 0.3 is 0 Å². The smallest absolute Gasteiger partial charge is 0.274 e. The van der Waals surface area contributed by atoms with E-state index in [1.165, 1.54) is 23.5 Å². The molecule has 4 heterocycles. The van der Waals surface area contributed by atoms with Gasteiger partial charge in [-0.15, -0.1) is 0 Å². The van der Waals surface area contributed by atoms with Crippen LogP contribution < -0.4 is 5.56 Å². The number of aryl methyl sites for hydroxylation is 1. The van der Waals surface area contributed by atoms with Crippen molar-refractivity contribution in [2.75, 3.05) is 13.1 Å². The first kappa shape index (κ1) is 18.1. The third-order valence-corrected chi connectivity index (χ3v) is 6.67. The highest BCUT2D eigenvalue weighted by atomic mass is 16.2. The first-order valence-corrected chi connectivity index (χ1v) is 10.3. The molecule has 152 valence electrons. The highest BCUT2D eigenvalue weighted by Crippen LogP contribution is 2.36. The second-order valence-electron chi connectivity index (χ2n) is 8.52. The number of amides is 2. The Morgan fingerprint density at radius 2 is 2.07 bits per heavy atom. The number of aromatic nitrogens is 3. The Morgan fingerprint density at radius 3 is 2.86 bits per heavy atom. The lowest BCUT2D eigenvalue weighted by atomic mass is 9.90. The molecule has 1 saturated carbocycles. The molecule has 2 aromatic rings. The van der Waals surface area contributed by atoms with Crippen LogP contribution in [0, 0.1) is 5.92 Å². The molecule has 3 aliphatic rings. The number of carbonyl (C=O) groups excluding carboxylic acids is 2. The quantitative estimate of drug-likeness (QED) is 0.830. The summed E-state index contributed by atoms with van der Waals surface area (Å²) in [6.07, 6.45) is 6.82. The van der Waals surface area contributed by atoms with Crippen molar-refractivity contribution in [2.45, 2.75) is 44.7 Å². The summed E-state index contributed by atoms with van der Waals surface area (Å²) < 4.78 is 1.40. The van der Waals surface area contributed by atoms with Gasteiger partial charge in [-0.1, -0.05) is 6.42 Å². The van der Waals surface area contributed by atoms with E-state index < -0.39 is 0 Å². The van der Waals surface area contributed by atoms with Crippen LogP contribution in [-0.2, 0) is 20.0 Å². The van der Waals surface area contributed by atoms with Gasteiger partial charge in [0.05, 0.1) is 17.8 Å². The normalized spacial score (nSPS) is 23.2. The summed E-state index contributed by atoms with van der Waals surface area (Å²) in [5.74, 6) is 0.555. The summed E-state index contributed by atoms with van der Waals surface area (Å²) in [6, 6.07) is 3.33. The molecule has 2 bridgehead atoms. The fraction of sp³-hybridized carbons (Fsp3) is 0.524. The first-order valence-electron chi connectivity index (χ1n) is 10.3. The minimum absolute atomic E-state index is 0.0368. The van der Waals surface area contributed by atoms with Gasteiger partial charge in [0.2, 0.25) is 5.56 Å². The number of nitrogens with zero attached hydrogens (tertiary/aromatic N) is 4. The third kappa shape index (κ3) is 3.07. The number of aromatic amines is 1. The minimum Gasteiger partial charge on any atom is -0.334 e. The van der Waals surface area contributed by atoms with Crippen LogP contribution in [0.25, 0.3) is 0 Å². The minimum atomic E-state index is -0.148. The number of carbonyl (C=O) groups is 2. The summed E-state index contributed by atoms with van der Waals surface area (Å²) in [6.45, 7) is 1.77. The average Bonchev–Trinajstić information content (AvgIpc) is 3.28. The van der Waals surface area contributed by atoms with Gasteiger partial charge in [0, 0.05) is 44.0 Å². The van der Waals surface area contributed by atoms with E-state index in [2.05, 4.69) is 10.2 Å². The van der Waals surface area contributed by atoms with Crippen LogP contribution in [-0.4, -0.2) is 55.5 Å². The Kier molecular flexibility index (Phi) is 4.29. The Hall–Kier alpha value is -2.90. The first-order chi connectivity index (χ1) is 14.0. The predicted molar refractivity (Wildman–Crippen MR) is 105 cm³/mol. The van der Waals surface area contributed by atoms with Gasteiger partial charge < -0.3 is 14.4 Å². The average molecular weight is 395 g/mol. The van der Waals surface area contributed by atoms with E-state index in [1.807, 2.05) is 4.90 Å². The van der Waals surface area contributed by atoms with E-state index in [-0.39, 0.29) is 17.4 Å². The molecule has 29 heavy (non-hydrogen) atoms. The number of rotatable bonds is 2.